The van der Waals surface area contributed by atoms with Gasteiger partial charge in [0.15, 0.2) is 5.78 Å². The molecule has 60 valence electrons. The summed E-state index contributed by atoms with van der Waals surface area (Å²) < 4.78 is 0. The molecule has 0 aliphatic heterocycles. The number of aliphatic hydroxyl groups excluding tert-OH is 1. The average molecular weight is 152 g/mol. The van der Waals surface area contributed by atoms with E-state index < -0.39 is 6.10 Å². The Morgan fingerprint density at radius 3 is 3.18 bits per heavy atom. The summed E-state index contributed by atoms with van der Waals surface area (Å²) in [5.41, 5.74) is 0. The van der Waals surface area contributed by atoms with E-state index in [0.29, 0.717) is 12.8 Å². The lowest BCUT2D eigenvalue weighted by Gasteiger charge is -2.20. The molecule has 1 aliphatic rings. The fourth-order valence-corrected chi connectivity index (χ4v) is 1.25. The number of hydrogen-bond acceptors (Lipinski definition) is 2. The molecular weight excluding hydrogens is 140 g/mol. The molecule has 0 saturated heterocycles. The first-order valence-electron chi connectivity index (χ1n) is 3.74. The van der Waals surface area contributed by atoms with Crippen LogP contribution >= 0.6 is 0 Å². The van der Waals surface area contributed by atoms with Gasteiger partial charge >= 0.3 is 0 Å². The molecule has 0 radical (unpaired) electrons. The summed E-state index contributed by atoms with van der Waals surface area (Å²) in [5.74, 6) is 0.146. The van der Waals surface area contributed by atoms with Crippen LogP contribution in [-0.2, 0) is 4.79 Å². The third-order valence-electron chi connectivity index (χ3n) is 1.90. The Morgan fingerprint density at radius 1 is 1.82 bits per heavy atom. The van der Waals surface area contributed by atoms with Gasteiger partial charge in [0, 0.05) is 6.42 Å². The quantitative estimate of drug-likeness (QED) is 0.601. The predicted molar refractivity (Wildman–Crippen MR) is 43.1 cm³/mol. The number of carbonyl (C=O) groups is 1. The Labute approximate surface area is 66.2 Å². The molecule has 0 spiro atoms. The number of aliphatic hydroxyl groups is 1. The maximum atomic E-state index is 10.9. The van der Waals surface area contributed by atoms with E-state index in [1.807, 2.05) is 0 Å². The van der Waals surface area contributed by atoms with Crippen molar-refractivity contribution in [2.45, 2.75) is 18.9 Å². The topological polar surface area (TPSA) is 37.3 Å². The molecular formula is C9H12O2. The van der Waals surface area contributed by atoms with E-state index in [0.717, 1.165) is 0 Å². The first kappa shape index (κ1) is 8.21. The Bertz CT molecular complexity index is 194. The van der Waals surface area contributed by atoms with Crippen LogP contribution in [0.25, 0.3) is 0 Å². The third kappa shape index (κ3) is 2.02. The summed E-state index contributed by atoms with van der Waals surface area (Å²) >= 11 is 0. The van der Waals surface area contributed by atoms with Gasteiger partial charge in [0.05, 0.1) is 6.10 Å². The van der Waals surface area contributed by atoms with E-state index in [4.69, 9.17) is 0 Å². The first-order chi connectivity index (χ1) is 5.24. The van der Waals surface area contributed by atoms with Crippen molar-refractivity contribution in [1.29, 1.82) is 0 Å². The molecule has 0 aromatic heterocycles. The van der Waals surface area contributed by atoms with E-state index in [1.165, 1.54) is 6.08 Å². The van der Waals surface area contributed by atoms with Gasteiger partial charge in [-0.05, 0) is 18.4 Å². The molecule has 0 unspecified atom stereocenters. The van der Waals surface area contributed by atoms with E-state index in [9.17, 15) is 9.90 Å². The molecule has 0 fully saturated rings. The van der Waals surface area contributed by atoms with Crippen molar-refractivity contribution in [2.75, 3.05) is 0 Å². The molecule has 0 aromatic rings. The van der Waals surface area contributed by atoms with Gasteiger partial charge in [-0.3, -0.25) is 4.79 Å². The summed E-state index contributed by atoms with van der Waals surface area (Å²) in [6, 6.07) is 0. The molecule has 2 atom stereocenters. The minimum Gasteiger partial charge on any atom is -0.389 e. The molecule has 0 amide bonds. The number of rotatable bonds is 2. The van der Waals surface area contributed by atoms with Gasteiger partial charge in [-0.25, -0.2) is 0 Å². The van der Waals surface area contributed by atoms with Crippen LogP contribution in [0.3, 0.4) is 0 Å². The molecule has 0 bridgehead atoms. The van der Waals surface area contributed by atoms with Gasteiger partial charge < -0.3 is 5.11 Å². The Kier molecular flexibility index (Phi) is 2.60. The molecule has 1 N–H and O–H groups in total. The number of carbonyl (C=O) groups excluding carboxylic acids is 1. The van der Waals surface area contributed by atoms with E-state index >= 15 is 0 Å². The predicted octanol–water partition coefficient (Wildman–Crippen LogP) is 1.07. The molecule has 0 aromatic carbocycles. The summed E-state index contributed by atoms with van der Waals surface area (Å²) in [6.45, 7) is 3.57. The molecule has 2 heteroatoms. The highest BCUT2D eigenvalue weighted by atomic mass is 16.3. The van der Waals surface area contributed by atoms with Gasteiger partial charge in [0.25, 0.3) is 0 Å². The fourth-order valence-electron chi connectivity index (χ4n) is 1.25. The van der Waals surface area contributed by atoms with Gasteiger partial charge in [-0.2, -0.15) is 0 Å². The Balaban J connectivity index is 2.59. The van der Waals surface area contributed by atoms with Gasteiger partial charge in [0.2, 0.25) is 0 Å². The minimum atomic E-state index is -0.467. The lowest BCUT2D eigenvalue weighted by atomic mass is 9.88. The normalized spacial score (nSPS) is 30.5. The van der Waals surface area contributed by atoms with Crippen LogP contribution in [0.1, 0.15) is 12.8 Å². The average Bonchev–Trinajstić information content (AvgIpc) is 1.98. The van der Waals surface area contributed by atoms with E-state index in [-0.39, 0.29) is 11.7 Å². The number of hydrogen-bond donors (Lipinski definition) is 1. The molecule has 1 rings (SSSR count). The van der Waals surface area contributed by atoms with Crippen molar-refractivity contribution < 1.29 is 9.90 Å². The van der Waals surface area contributed by atoms with Crippen molar-refractivity contribution in [3.8, 4) is 0 Å². The van der Waals surface area contributed by atoms with Gasteiger partial charge in [-0.1, -0.05) is 12.2 Å². The molecule has 0 saturated carbocycles. The van der Waals surface area contributed by atoms with Crippen LogP contribution < -0.4 is 0 Å². The lowest BCUT2D eigenvalue weighted by Crippen LogP contribution is -2.24. The first-order valence-corrected chi connectivity index (χ1v) is 3.74. The fraction of sp³-hybridized carbons (Fsp3) is 0.444. The molecule has 2 nitrogen and oxygen atoms in total. The zero-order chi connectivity index (χ0) is 8.27. The summed E-state index contributed by atoms with van der Waals surface area (Å²) in [5, 5.41) is 9.33. The van der Waals surface area contributed by atoms with Crippen LogP contribution in [0.5, 0.6) is 0 Å². The molecule has 11 heavy (non-hydrogen) atoms. The zero-order valence-corrected chi connectivity index (χ0v) is 6.36. The van der Waals surface area contributed by atoms with Crippen LogP contribution in [0.2, 0.25) is 0 Å². The highest BCUT2D eigenvalue weighted by molar-refractivity contribution is 5.90. The van der Waals surface area contributed by atoms with Crippen molar-refractivity contribution in [3.05, 3.63) is 24.8 Å². The third-order valence-corrected chi connectivity index (χ3v) is 1.90. The summed E-state index contributed by atoms with van der Waals surface area (Å²) in [7, 11) is 0. The van der Waals surface area contributed by atoms with Crippen molar-refractivity contribution >= 4 is 5.78 Å². The lowest BCUT2D eigenvalue weighted by molar-refractivity contribution is -0.116. The Morgan fingerprint density at radius 2 is 2.55 bits per heavy atom. The minimum absolute atomic E-state index is 0.0463. The van der Waals surface area contributed by atoms with Crippen molar-refractivity contribution in [3.63, 3.8) is 0 Å². The maximum absolute atomic E-state index is 10.9. The second kappa shape index (κ2) is 3.49. The van der Waals surface area contributed by atoms with Crippen molar-refractivity contribution in [2.24, 2.45) is 5.92 Å². The second-order valence-corrected chi connectivity index (χ2v) is 2.80. The van der Waals surface area contributed by atoms with Crippen LogP contribution in [0, 0.1) is 5.92 Å². The number of ketones is 1. The van der Waals surface area contributed by atoms with Crippen LogP contribution in [-0.4, -0.2) is 17.0 Å². The largest absolute Gasteiger partial charge is 0.389 e. The van der Waals surface area contributed by atoms with Crippen molar-refractivity contribution in [1.82, 2.24) is 0 Å². The SMILES string of the molecule is C=CC[C@@H]1CC(=O)C=C[C@H]1O. The standard InChI is InChI=1S/C9H12O2/c1-2-3-7-6-8(10)4-5-9(7)11/h2,4-5,7,9,11H,1,3,6H2/t7-,9-/m1/s1. The molecule has 0 heterocycles. The van der Waals surface area contributed by atoms with Crippen LogP contribution in [0.4, 0.5) is 0 Å². The Hall–Kier alpha value is -0.890. The van der Waals surface area contributed by atoms with Gasteiger partial charge in [0.1, 0.15) is 0 Å². The highest BCUT2D eigenvalue weighted by Gasteiger charge is 2.21. The van der Waals surface area contributed by atoms with E-state index in [1.54, 1.807) is 12.2 Å². The summed E-state index contributed by atoms with van der Waals surface area (Å²) in [4.78, 5) is 10.9. The second-order valence-electron chi connectivity index (χ2n) is 2.80. The highest BCUT2D eigenvalue weighted by Crippen LogP contribution is 2.20. The van der Waals surface area contributed by atoms with Crippen LogP contribution in [0.15, 0.2) is 24.8 Å². The smallest absolute Gasteiger partial charge is 0.155 e. The summed E-state index contributed by atoms with van der Waals surface area (Å²) in [6.07, 6.45) is 5.43. The maximum Gasteiger partial charge on any atom is 0.155 e. The number of allylic oxidation sites excluding steroid dienone is 2. The molecule has 1 aliphatic carbocycles. The zero-order valence-electron chi connectivity index (χ0n) is 6.36. The monoisotopic (exact) mass is 152 g/mol. The van der Waals surface area contributed by atoms with E-state index in [2.05, 4.69) is 6.58 Å². The van der Waals surface area contributed by atoms with Gasteiger partial charge in [-0.15, -0.1) is 6.58 Å².